The second kappa shape index (κ2) is 10.4. The number of rotatable bonds is 5. The van der Waals surface area contributed by atoms with Gasteiger partial charge in [-0.2, -0.15) is 4.98 Å². The fraction of sp³-hybridized carbons (Fsp3) is 0.469. The number of ether oxygens (including phenoxy) is 2. The molecule has 230 valence electrons. The molecule has 3 aromatic rings. The summed E-state index contributed by atoms with van der Waals surface area (Å²) in [5, 5.41) is 3.35. The average Bonchev–Trinajstić information content (AvgIpc) is 3.45. The zero-order chi connectivity index (χ0) is 30.8. The van der Waals surface area contributed by atoms with E-state index in [-0.39, 0.29) is 29.0 Å². The summed E-state index contributed by atoms with van der Waals surface area (Å²) in [4.78, 5) is 47.4. The monoisotopic (exact) mass is 598 g/mol. The van der Waals surface area contributed by atoms with Crippen molar-refractivity contribution in [3.63, 3.8) is 0 Å². The van der Waals surface area contributed by atoms with Gasteiger partial charge < -0.3 is 24.6 Å². The maximum absolute atomic E-state index is 12.5. The third kappa shape index (κ3) is 4.82. The second-order valence-electron chi connectivity index (χ2n) is 13.1. The maximum Gasteiger partial charge on any atom is 0.415 e. The number of aromatic nitrogens is 3. The molecular weight excluding hydrogens is 560 g/mol. The Bertz CT molecular complexity index is 1610. The summed E-state index contributed by atoms with van der Waals surface area (Å²) in [6, 6.07) is 13.4. The lowest BCUT2D eigenvalue weighted by molar-refractivity contribution is -0.120. The van der Waals surface area contributed by atoms with Gasteiger partial charge in [-0.3, -0.25) is 14.6 Å². The Morgan fingerprint density at radius 3 is 2.43 bits per heavy atom. The number of anilines is 6. The number of piperazine rings is 1. The third-order valence-electron chi connectivity index (χ3n) is 9.25. The molecule has 0 aliphatic carbocycles. The summed E-state index contributed by atoms with van der Waals surface area (Å²) in [6.45, 7) is 11.1. The van der Waals surface area contributed by atoms with Crippen LogP contribution in [0.2, 0.25) is 0 Å². The maximum atomic E-state index is 12.5. The van der Waals surface area contributed by atoms with Crippen LogP contribution in [0.15, 0.2) is 48.7 Å². The summed E-state index contributed by atoms with van der Waals surface area (Å²) < 4.78 is 11.6. The molecular formula is C32H38N8O4. The third-order valence-corrected chi connectivity index (χ3v) is 9.25. The van der Waals surface area contributed by atoms with Crippen molar-refractivity contribution in [1.29, 1.82) is 0 Å². The minimum atomic E-state index is -0.391. The lowest BCUT2D eigenvalue weighted by Gasteiger charge is -2.46. The molecule has 3 fully saturated rings. The molecule has 0 spiro atoms. The van der Waals surface area contributed by atoms with Crippen LogP contribution in [0.3, 0.4) is 0 Å². The van der Waals surface area contributed by atoms with E-state index in [0.29, 0.717) is 43.9 Å². The smallest absolute Gasteiger partial charge is 0.415 e. The minimum Gasteiger partial charge on any atom is -0.447 e. The Morgan fingerprint density at radius 1 is 0.977 bits per heavy atom. The zero-order valence-corrected chi connectivity index (χ0v) is 25.8. The van der Waals surface area contributed by atoms with Gasteiger partial charge in [-0.25, -0.2) is 14.8 Å². The highest BCUT2D eigenvalue weighted by Crippen LogP contribution is 2.53. The van der Waals surface area contributed by atoms with Crippen LogP contribution in [0.5, 0.6) is 0 Å². The summed E-state index contributed by atoms with van der Waals surface area (Å²) in [5.74, 6) is 2.56. The molecule has 0 unspecified atom stereocenters. The second-order valence-corrected chi connectivity index (χ2v) is 13.1. The van der Waals surface area contributed by atoms with E-state index in [4.69, 9.17) is 24.4 Å². The topological polar surface area (TPSA) is 116 Å². The van der Waals surface area contributed by atoms with E-state index in [2.05, 4.69) is 31.0 Å². The molecule has 2 aromatic heterocycles. The van der Waals surface area contributed by atoms with Gasteiger partial charge in [0.2, 0.25) is 11.9 Å². The van der Waals surface area contributed by atoms with E-state index in [0.717, 1.165) is 35.7 Å². The van der Waals surface area contributed by atoms with E-state index in [1.807, 2.05) is 72.4 Å². The van der Waals surface area contributed by atoms with E-state index >= 15 is 0 Å². The number of hydrogen-bond donors (Lipinski definition) is 1. The Labute approximate surface area is 257 Å². The van der Waals surface area contributed by atoms with Gasteiger partial charge in [0.15, 0.2) is 0 Å². The number of amides is 2. The molecule has 12 nitrogen and oxygen atoms in total. The Hall–Kier alpha value is -4.29. The SMILES string of the molecule is C[C@H]1COC(=O)N1c1cccc(N2c3nc(Nc4ccc(N5CCN(C)CC5=O)cc4)ncc3[C@@]3(C)COC(C)(C)C[C@@H]23)n1. The van der Waals surface area contributed by atoms with Crippen molar-refractivity contribution in [3.8, 4) is 0 Å². The number of likely N-dealkylation sites (N-methyl/N-ethyl adjacent to an activating group) is 1. The largest absolute Gasteiger partial charge is 0.447 e. The van der Waals surface area contributed by atoms with Crippen LogP contribution in [-0.2, 0) is 19.7 Å². The van der Waals surface area contributed by atoms with Gasteiger partial charge in [0.1, 0.15) is 24.1 Å². The van der Waals surface area contributed by atoms with Crippen molar-refractivity contribution in [2.75, 3.05) is 59.9 Å². The molecule has 4 aliphatic rings. The van der Waals surface area contributed by atoms with Crippen molar-refractivity contribution in [2.45, 2.75) is 57.2 Å². The van der Waals surface area contributed by atoms with Crippen LogP contribution in [0.4, 0.5) is 39.6 Å². The number of carbonyl (C=O) groups is 2. The van der Waals surface area contributed by atoms with Crippen LogP contribution in [0.25, 0.3) is 0 Å². The molecule has 2 amide bonds. The van der Waals surface area contributed by atoms with Gasteiger partial charge in [0.25, 0.3) is 0 Å². The molecule has 0 bridgehead atoms. The first-order valence-electron chi connectivity index (χ1n) is 15.1. The first kappa shape index (κ1) is 28.5. The van der Waals surface area contributed by atoms with Crippen molar-refractivity contribution in [3.05, 3.63) is 54.2 Å². The highest BCUT2D eigenvalue weighted by Gasteiger charge is 2.55. The van der Waals surface area contributed by atoms with E-state index in [1.165, 1.54) is 0 Å². The highest BCUT2D eigenvalue weighted by molar-refractivity contribution is 5.95. The fourth-order valence-electron chi connectivity index (χ4n) is 6.69. The van der Waals surface area contributed by atoms with Crippen LogP contribution in [0, 0.1) is 0 Å². The van der Waals surface area contributed by atoms with Crippen LogP contribution in [-0.4, -0.2) is 89.4 Å². The number of pyridine rings is 1. The van der Waals surface area contributed by atoms with E-state index < -0.39 is 6.09 Å². The van der Waals surface area contributed by atoms with Crippen molar-refractivity contribution >= 4 is 46.8 Å². The van der Waals surface area contributed by atoms with Crippen LogP contribution in [0.1, 0.15) is 39.7 Å². The van der Waals surface area contributed by atoms with Gasteiger partial charge in [-0.05, 0) is 70.6 Å². The summed E-state index contributed by atoms with van der Waals surface area (Å²) in [6.07, 6.45) is 2.25. The normalized spacial score (nSPS) is 26.4. The first-order valence-corrected chi connectivity index (χ1v) is 15.1. The number of benzene rings is 1. The van der Waals surface area contributed by atoms with Crippen LogP contribution >= 0.6 is 0 Å². The number of cyclic esters (lactones) is 1. The number of nitrogens with zero attached hydrogens (tertiary/aromatic N) is 7. The number of carbonyl (C=O) groups excluding carboxylic acids is 2. The predicted molar refractivity (Wildman–Crippen MR) is 167 cm³/mol. The van der Waals surface area contributed by atoms with Gasteiger partial charge in [0, 0.05) is 41.6 Å². The first-order chi connectivity index (χ1) is 21.0. The molecule has 6 heterocycles. The number of nitrogens with one attached hydrogen (secondary N) is 1. The Kier molecular flexibility index (Phi) is 6.74. The lowest BCUT2D eigenvalue weighted by Crippen LogP contribution is -2.54. The zero-order valence-electron chi connectivity index (χ0n) is 25.8. The molecule has 0 radical (unpaired) electrons. The van der Waals surface area contributed by atoms with Gasteiger partial charge in [-0.15, -0.1) is 0 Å². The Morgan fingerprint density at radius 2 is 1.73 bits per heavy atom. The molecule has 1 aromatic carbocycles. The molecule has 7 rings (SSSR count). The summed E-state index contributed by atoms with van der Waals surface area (Å²) in [5.41, 5.74) is 1.98. The van der Waals surface area contributed by atoms with Crippen molar-refractivity contribution in [1.82, 2.24) is 19.9 Å². The number of hydrogen-bond acceptors (Lipinski definition) is 10. The van der Waals surface area contributed by atoms with Crippen molar-refractivity contribution < 1.29 is 19.1 Å². The molecule has 12 heteroatoms. The predicted octanol–water partition coefficient (Wildman–Crippen LogP) is 4.22. The molecule has 1 N–H and O–H groups in total. The summed E-state index contributed by atoms with van der Waals surface area (Å²) in [7, 11) is 1.96. The summed E-state index contributed by atoms with van der Waals surface area (Å²) >= 11 is 0. The molecule has 44 heavy (non-hydrogen) atoms. The molecule has 0 saturated carbocycles. The molecule has 4 aliphatic heterocycles. The van der Waals surface area contributed by atoms with Gasteiger partial charge >= 0.3 is 6.09 Å². The number of fused-ring (bicyclic) bond motifs is 3. The van der Waals surface area contributed by atoms with Gasteiger partial charge in [0.05, 0.1) is 30.8 Å². The lowest BCUT2D eigenvalue weighted by atomic mass is 9.73. The Balaban J connectivity index is 1.22. The van der Waals surface area contributed by atoms with E-state index in [9.17, 15) is 9.59 Å². The minimum absolute atomic E-state index is 0.0110. The molecule has 3 atom stereocenters. The van der Waals surface area contributed by atoms with E-state index in [1.54, 1.807) is 4.90 Å². The average molecular weight is 599 g/mol. The molecule has 3 saturated heterocycles. The quantitative estimate of drug-likeness (QED) is 0.458. The standard InChI is InChI=1S/C32H38N8O4/c1-20-18-43-30(42)39(20)25-7-6-8-26(35-25)40-24-15-31(2,3)44-19-32(24,4)23-16-33-29(36-28(23)40)34-21-9-11-22(12-10-21)38-14-13-37(5)17-27(38)41/h6-12,16,20,24H,13-15,17-19H2,1-5H3,(H,33,34,36)/t20-,24+,32+/m0/s1. The van der Waals surface area contributed by atoms with Crippen molar-refractivity contribution in [2.24, 2.45) is 0 Å². The van der Waals surface area contributed by atoms with Gasteiger partial charge in [-0.1, -0.05) is 13.0 Å². The van der Waals surface area contributed by atoms with Crippen LogP contribution < -0.4 is 20.0 Å². The fourth-order valence-corrected chi connectivity index (χ4v) is 6.69. The highest BCUT2D eigenvalue weighted by atomic mass is 16.6.